The van der Waals surface area contributed by atoms with Gasteiger partial charge >= 0.3 is 5.97 Å². The first-order valence-electron chi connectivity index (χ1n) is 6.29. The first kappa shape index (κ1) is 15.7. The Bertz CT molecular complexity index is 689. The van der Waals surface area contributed by atoms with E-state index in [2.05, 4.69) is 20.9 Å². The van der Waals surface area contributed by atoms with Gasteiger partial charge in [0, 0.05) is 9.89 Å². The molecule has 0 atom stereocenters. The minimum atomic E-state index is -0.630. The van der Waals surface area contributed by atoms with Crippen LogP contribution in [-0.4, -0.2) is 18.1 Å². The van der Waals surface area contributed by atoms with Gasteiger partial charge in [-0.15, -0.1) is 0 Å². The SMILES string of the molecule is COC(=O)c1oc(-c2cc(Br)ccc2F)nc1C(C)(C)C. The molecule has 0 aliphatic heterocycles. The fraction of sp³-hybridized carbons (Fsp3) is 0.333. The normalized spacial score (nSPS) is 11.5. The Hall–Kier alpha value is -1.69. The Morgan fingerprint density at radius 2 is 2.05 bits per heavy atom. The zero-order valence-corrected chi connectivity index (χ0v) is 13.7. The zero-order chi connectivity index (χ0) is 15.8. The van der Waals surface area contributed by atoms with Gasteiger partial charge in [-0.1, -0.05) is 36.7 Å². The lowest BCUT2D eigenvalue weighted by Crippen LogP contribution is -2.17. The molecular weight excluding hydrogens is 341 g/mol. The summed E-state index contributed by atoms with van der Waals surface area (Å²) in [5, 5.41) is 0. The molecule has 0 aliphatic rings. The number of esters is 1. The third-order valence-corrected chi connectivity index (χ3v) is 3.36. The van der Waals surface area contributed by atoms with Crippen LogP contribution in [0.3, 0.4) is 0 Å². The molecule has 0 amide bonds. The highest BCUT2D eigenvalue weighted by Gasteiger charge is 2.30. The fourth-order valence-corrected chi connectivity index (χ4v) is 2.20. The third-order valence-electron chi connectivity index (χ3n) is 2.87. The molecule has 2 rings (SSSR count). The van der Waals surface area contributed by atoms with Crippen LogP contribution in [0.15, 0.2) is 27.1 Å². The Labute approximate surface area is 130 Å². The summed E-state index contributed by atoms with van der Waals surface area (Å²) >= 11 is 3.27. The van der Waals surface area contributed by atoms with Crippen molar-refractivity contribution in [1.82, 2.24) is 4.98 Å². The van der Waals surface area contributed by atoms with Crippen molar-refractivity contribution in [2.75, 3.05) is 7.11 Å². The van der Waals surface area contributed by atoms with E-state index in [1.165, 1.54) is 13.2 Å². The molecule has 112 valence electrons. The molecule has 0 fully saturated rings. The van der Waals surface area contributed by atoms with Crippen LogP contribution in [0.5, 0.6) is 0 Å². The summed E-state index contributed by atoms with van der Waals surface area (Å²) in [6.07, 6.45) is 0. The number of ether oxygens (including phenoxy) is 1. The topological polar surface area (TPSA) is 52.3 Å². The molecule has 1 heterocycles. The van der Waals surface area contributed by atoms with Gasteiger partial charge in [-0.2, -0.15) is 0 Å². The Morgan fingerprint density at radius 1 is 1.38 bits per heavy atom. The smallest absolute Gasteiger partial charge is 0.376 e. The van der Waals surface area contributed by atoms with Gasteiger partial charge in [0.1, 0.15) is 11.5 Å². The van der Waals surface area contributed by atoms with E-state index in [0.717, 1.165) is 0 Å². The van der Waals surface area contributed by atoms with E-state index in [0.29, 0.717) is 10.2 Å². The molecule has 21 heavy (non-hydrogen) atoms. The van der Waals surface area contributed by atoms with Gasteiger partial charge in [0.25, 0.3) is 0 Å². The van der Waals surface area contributed by atoms with Crippen molar-refractivity contribution >= 4 is 21.9 Å². The lowest BCUT2D eigenvalue weighted by atomic mass is 9.91. The van der Waals surface area contributed by atoms with Crippen molar-refractivity contribution < 1.29 is 18.3 Å². The van der Waals surface area contributed by atoms with E-state index in [1.54, 1.807) is 12.1 Å². The lowest BCUT2D eigenvalue weighted by molar-refractivity contribution is 0.0562. The van der Waals surface area contributed by atoms with Crippen molar-refractivity contribution in [2.24, 2.45) is 0 Å². The molecule has 0 radical (unpaired) electrons. The van der Waals surface area contributed by atoms with Crippen molar-refractivity contribution in [3.63, 3.8) is 0 Å². The van der Waals surface area contributed by atoms with Crippen LogP contribution >= 0.6 is 15.9 Å². The summed E-state index contributed by atoms with van der Waals surface area (Å²) in [4.78, 5) is 16.1. The molecule has 4 nitrogen and oxygen atoms in total. The van der Waals surface area contributed by atoms with Gasteiger partial charge < -0.3 is 9.15 Å². The van der Waals surface area contributed by atoms with E-state index in [4.69, 9.17) is 9.15 Å². The van der Waals surface area contributed by atoms with E-state index >= 15 is 0 Å². The largest absolute Gasteiger partial charge is 0.463 e. The number of nitrogens with zero attached hydrogens (tertiary/aromatic N) is 1. The van der Waals surface area contributed by atoms with Gasteiger partial charge in [0.05, 0.1) is 12.7 Å². The second-order valence-electron chi connectivity index (χ2n) is 5.56. The lowest BCUT2D eigenvalue weighted by Gasteiger charge is -2.15. The Morgan fingerprint density at radius 3 is 2.62 bits per heavy atom. The Kier molecular flexibility index (Phi) is 4.18. The zero-order valence-electron chi connectivity index (χ0n) is 12.2. The van der Waals surface area contributed by atoms with Crippen molar-refractivity contribution in [2.45, 2.75) is 26.2 Å². The maximum Gasteiger partial charge on any atom is 0.376 e. The highest BCUT2D eigenvalue weighted by atomic mass is 79.9. The number of hydrogen-bond acceptors (Lipinski definition) is 4. The van der Waals surface area contributed by atoms with Crippen molar-refractivity contribution in [3.8, 4) is 11.5 Å². The summed E-state index contributed by atoms with van der Waals surface area (Å²) in [5.74, 6) is -1.05. The van der Waals surface area contributed by atoms with Gasteiger partial charge in [0.15, 0.2) is 0 Å². The van der Waals surface area contributed by atoms with Gasteiger partial charge in [-0.05, 0) is 18.2 Å². The minimum absolute atomic E-state index is 0.000578. The summed E-state index contributed by atoms with van der Waals surface area (Å²) in [7, 11) is 1.26. The van der Waals surface area contributed by atoms with Crippen LogP contribution in [0, 0.1) is 5.82 Å². The van der Waals surface area contributed by atoms with Crippen LogP contribution in [0.2, 0.25) is 0 Å². The molecule has 6 heteroatoms. The van der Waals surface area contributed by atoms with Crippen molar-refractivity contribution in [3.05, 3.63) is 39.9 Å². The summed E-state index contributed by atoms with van der Waals surface area (Å²) in [6, 6.07) is 4.43. The van der Waals surface area contributed by atoms with E-state index in [9.17, 15) is 9.18 Å². The highest BCUT2D eigenvalue weighted by Crippen LogP contribution is 2.32. The molecule has 0 aliphatic carbocycles. The first-order chi connectivity index (χ1) is 9.74. The van der Waals surface area contributed by atoms with Gasteiger partial charge in [-0.25, -0.2) is 14.2 Å². The average Bonchev–Trinajstić information content (AvgIpc) is 2.85. The van der Waals surface area contributed by atoms with Crippen LogP contribution in [0.1, 0.15) is 37.0 Å². The number of methoxy groups -OCH3 is 1. The van der Waals surface area contributed by atoms with Crippen LogP contribution in [0.4, 0.5) is 4.39 Å². The molecule has 1 aromatic carbocycles. The number of hydrogen-bond donors (Lipinski definition) is 0. The Balaban J connectivity index is 2.64. The molecule has 0 bridgehead atoms. The number of rotatable bonds is 2. The predicted molar refractivity (Wildman–Crippen MR) is 79.6 cm³/mol. The van der Waals surface area contributed by atoms with Gasteiger partial charge in [-0.3, -0.25) is 0 Å². The second kappa shape index (κ2) is 5.60. The molecule has 0 saturated carbocycles. The number of carbonyl (C=O) groups is 1. The minimum Gasteiger partial charge on any atom is -0.463 e. The summed E-state index contributed by atoms with van der Waals surface area (Å²) in [6.45, 7) is 5.66. The van der Waals surface area contributed by atoms with Crippen LogP contribution in [0.25, 0.3) is 11.5 Å². The second-order valence-corrected chi connectivity index (χ2v) is 6.48. The van der Waals surface area contributed by atoms with E-state index in [1.807, 2.05) is 20.8 Å². The van der Waals surface area contributed by atoms with Crippen LogP contribution < -0.4 is 0 Å². The maximum absolute atomic E-state index is 13.9. The average molecular weight is 356 g/mol. The first-order valence-corrected chi connectivity index (χ1v) is 7.08. The molecule has 0 N–H and O–H groups in total. The molecule has 2 aromatic rings. The number of halogens is 2. The molecule has 1 aromatic heterocycles. The number of aromatic nitrogens is 1. The quantitative estimate of drug-likeness (QED) is 0.752. The maximum atomic E-state index is 13.9. The monoisotopic (exact) mass is 355 g/mol. The predicted octanol–water partition coefficient (Wildman–Crippen LogP) is 4.33. The number of benzene rings is 1. The molecular formula is C15H15BrFNO3. The third kappa shape index (κ3) is 3.15. The highest BCUT2D eigenvalue weighted by molar-refractivity contribution is 9.10. The van der Waals surface area contributed by atoms with E-state index < -0.39 is 17.2 Å². The molecule has 0 spiro atoms. The molecule has 0 saturated heterocycles. The van der Waals surface area contributed by atoms with Crippen molar-refractivity contribution in [1.29, 1.82) is 0 Å². The summed E-state index contributed by atoms with van der Waals surface area (Å²) in [5.41, 5.74) is 0.182. The number of oxazole rings is 1. The standard InChI is InChI=1S/C15H15BrFNO3/c1-15(2,3)12-11(14(19)20-4)21-13(18-12)9-7-8(16)5-6-10(9)17/h5-7H,1-4H3. The van der Waals surface area contributed by atoms with E-state index in [-0.39, 0.29) is 17.2 Å². The molecule has 0 unspecified atom stereocenters. The van der Waals surface area contributed by atoms with Gasteiger partial charge in [0.2, 0.25) is 11.7 Å². The number of carbonyl (C=O) groups excluding carboxylic acids is 1. The summed E-state index contributed by atoms with van der Waals surface area (Å²) < 4.78 is 24.8. The fourth-order valence-electron chi connectivity index (χ4n) is 1.84. The van der Waals surface area contributed by atoms with Crippen LogP contribution in [-0.2, 0) is 10.2 Å².